The van der Waals surface area contributed by atoms with E-state index in [1.165, 1.54) is 6.07 Å². The van der Waals surface area contributed by atoms with Gasteiger partial charge in [0.05, 0.1) is 11.2 Å². The van der Waals surface area contributed by atoms with Crippen LogP contribution in [0, 0.1) is 5.95 Å². The van der Waals surface area contributed by atoms with Crippen molar-refractivity contribution in [3.8, 4) is 0 Å². The zero-order chi connectivity index (χ0) is 7.84. The Kier molecular flexibility index (Phi) is 1.09. The van der Waals surface area contributed by atoms with E-state index in [0.717, 1.165) is 5.52 Å². The van der Waals surface area contributed by atoms with Crippen molar-refractivity contribution in [2.75, 3.05) is 5.73 Å². The number of nitrogens with two attached hydrogens (primary N) is 1. The van der Waals surface area contributed by atoms with Crippen LogP contribution in [0.1, 0.15) is 0 Å². The van der Waals surface area contributed by atoms with Crippen LogP contribution in [0.2, 0.25) is 0 Å². The number of fused-ring (bicyclic) bond motifs is 1. The molecule has 3 nitrogen and oxygen atoms in total. The molecule has 0 aliphatic rings. The van der Waals surface area contributed by atoms with E-state index in [-0.39, 0.29) is 0 Å². The molecule has 0 fully saturated rings. The number of nitrogens with zero attached hydrogens (tertiary/aromatic N) is 1. The Balaban J connectivity index is 2.87. The zero-order valence-corrected chi connectivity index (χ0v) is 5.63. The van der Waals surface area contributed by atoms with E-state index >= 15 is 0 Å². The Labute approximate surface area is 62.0 Å². The Hall–Kier alpha value is -1.58. The smallest absolute Gasteiger partial charge is 0.213 e. The Bertz CT molecular complexity index is 393. The van der Waals surface area contributed by atoms with Crippen molar-refractivity contribution in [2.45, 2.75) is 0 Å². The van der Waals surface area contributed by atoms with Crippen molar-refractivity contribution < 1.29 is 4.39 Å². The van der Waals surface area contributed by atoms with Gasteiger partial charge in [0.1, 0.15) is 5.52 Å². The second-order valence-electron chi connectivity index (χ2n) is 2.27. The van der Waals surface area contributed by atoms with Crippen molar-refractivity contribution in [1.29, 1.82) is 0 Å². The number of nitrogens with one attached hydrogen (secondary N) is 1. The third-order valence-corrected chi connectivity index (χ3v) is 1.52. The third-order valence-electron chi connectivity index (χ3n) is 1.52. The number of rotatable bonds is 0. The molecule has 4 heteroatoms. The molecule has 2 rings (SSSR count). The predicted molar refractivity (Wildman–Crippen MR) is 40.5 cm³/mol. The van der Waals surface area contributed by atoms with Gasteiger partial charge in [-0.25, -0.2) is 4.98 Å². The molecule has 0 radical (unpaired) electrons. The molecule has 0 bridgehead atoms. The Morgan fingerprint density at radius 2 is 2.27 bits per heavy atom. The number of pyridine rings is 1. The van der Waals surface area contributed by atoms with Crippen LogP contribution in [0.3, 0.4) is 0 Å². The number of halogens is 1. The summed E-state index contributed by atoms with van der Waals surface area (Å²) in [7, 11) is 0. The molecule has 2 aromatic heterocycles. The topological polar surface area (TPSA) is 54.7 Å². The molecular formula is C7H6FN3. The molecule has 3 N–H and O–H groups in total. The van der Waals surface area contributed by atoms with Crippen LogP contribution >= 0.6 is 0 Å². The first-order valence-corrected chi connectivity index (χ1v) is 3.16. The van der Waals surface area contributed by atoms with Gasteiger partial charge in [-0.2, -0.15) is 4.39 Å². The largest absolute Gasteiger partial charge is 0.396 e. The summed E-state index contributed by atoms with van der Waals surface area (Å²) in [6.45, 7) is 0. The number of H-pyrrole nitrogens is 1. The van der Waals surface area contributed by atoms with Crippen LogP contribution in [0.15, 0.2) is 18.3 Å². The summed E-state index contributed by atoms with van der Waals surface area (Å²) < 4.78 is 12.5. The summed E-state index contributed by atoms with van der Waals surface area (Å²) in [4.78, 5) is 6.47. The average molecular weight is 151 g/mol. The highest BCUT2D eigenvalue weighted by Crippen LogP contribution is 2.16. The number of anilines is 1. The van der Waals surface area contributed by atoms with Gasteiger partial charge in [-0.05, 0) is 12.1 Å². The highest BCUT2D eigenvalue weighted by atomic mass is 19.1. The first-order valence-electron chi connectivity index (χ1n) is 3.16. The minimum absolute atomic E-state index is 0.472. The quantitative estimate of drug-likeness (QED) is 0.557. The van der Waals surface area contributed by atoms with Crippen LogP contribution in [0.5, 0.6) is 0 Å². The molecular weight excluding hydrogens is 145 g/mol. The third kappa shape index (κ3) is 0.832. The summed E-state index contributed by atoms with van der Waals surface area (Å²) in [5, 5.41) is 0. The second-order valence-corrected chi connectivity index (χ2v) is 2.27. The molecule has 0 amide bonds. The van der Waals surface area contributed by atoms with Gasteiger partial charge >= 0.3 is 0 Å². The lowest BCUT2D eigenvalue weighted by molar-refractivity contribution is 0.589. The van der Waals surface area contributed by atoms with Gasteiger partial charge in [-0.1, -0.05) is 0 Å². The van der Waals surface area contributed by atoms with Gasteiger partial charge in [0.25, 0.3) is 0 Å². The van der Waals surface area contributed by atoms with Crippen molar-refractivity contribution in [3.05, 3.63) is 24.3 Å². The van der Waals surface area contributed by atoms with Crippen molar-refractivity contribution in [2.24, 2.45) is 0 Å². The SMILES string of the molecule is Nc1c[nH]c2ccc(F)nc12. The first-order chi connectivity index (χ1) is 5.27. The maximum Gasteiger partial charge on any atom is 0.213 e. The summed E-state index contributed by atoms with van der Waals surface area (Å²) >= 11 is 0. The van der Waals surface area contributed by atoms with E-state index in [4.69, 9.17) is 5.73 Å². The van der Waals surface area contributed by atoms with E-state index in [2.05, 4.69) is 9.97 Å². The maximum absolute atomic E-state index is 12.5. The fourth-order valence-corrected chi connectivity index (χ4v) is 0.996. The van der Waals surface area contributed by atoms with Gasteiger partial charge < -0.3 is 10.7 Å². The second kappa shape index (κ2) is 1.95. The van der Waals surface area contributed by atoms with Gasteiger partial charge in [0.15, 0.2) is 0 Å². The monoisotopic (exact) mass is 151 g/mol. The summed E-state index contributed by atoms with van der Waals surface area (Å²) in [5.41, 5.74) is 7.20. The maximum atomic E-state index is 12.5. The standard InChI is InChI=1S/C7H6FN3/c8-6-2-1-5-7(11-6)4(9)3-10-5/h1-3,10H,9H2. The van der Waals surface area contributed by atoms with Crippen LogP contribution in [-0.4, -0.2) is 9.97 Å². The summed E-state index contributed by atoms with van der Waals surface area (Å²) in [5.74, 6) is -0.510. The van der Waals surface area contributed by atoms with E-state index < -0.39 is 5.95 Å². The summed E-state index contributed by atoms with van der Waals surface area (Å²) in [6.07, 6.45) is 1.59. The van der Waals surface area contributed by atoms with Crippen LogP contribution < -0.4 is 5.73 Å². The zero-order valence-electron chi connectivity index (χ0n) is 5.63. The molecule has 0 atom stereocenters. The number of hydrogen-bond donors (Lipinski definition) is 2. The Morgan fingerprint density at radius 1 is 1.45 bits per heavy atom. The number of aromatic nitrogens is 2. The van der Waals surface area contributed by atoms with E-state index in [1.807, 2.05) is 0 Å². The molecule has 0 spiro atoms. The lowest BCUT2D eigenvalue weighted by Crippen LogP contribution is -1.85. The molecule has 0 aliphatic heterocycles. The van der Waals surface area contributed by atoms with E-state index in [1.54, 1.807) is 12.3 Å². The van der Waals surface area contributed by atoms with Gasteiger partial charge in [0.2, 0.25) is 5.95 Å². The highest BCUT2D eigenvalue weighted by Gasteiger charge is 2.01. The lowest BCUT2D eigenvalue weighted by atomic mass is 10.3. The first kappa shape index (κ1) is 6.15. The minimum Gasteiger partial charge on any atom is -0.396 e. The molecule has 0 unspecified atom stereocenters. The van der Waals surface area contributed by atoms with Crippen LogP contribution in [0.4, 0.5) is 10.1 Å². The number of hydrogen-bond acceptors (Lipinski definition) is 2. The highest BCUT2D eigenvalue weighted by molar-refractivity contribution is 5.86. The normalized spacial score (nSPS) is 10.6. The van der Waals surface area contributed by atoms with Crippen molar-refractivity contribution >= 4 is 16.7 Å². The Morgan fingerprint density at radius 3 is 3.09 bits per heavy atom. The fourth-order valence-electron chi connectivity index (χ4n) is 0.996. The van der Waals surface area contributed by atoms with Gasteiger partial charge in [-0.3, -0.25) is 0 Å². The van der Waals surface area contributed by atoms with Crippen LogP contribution in [0.25, 0.3) is 11.0 Å². The molecule has 2 aromatic rings. The fraction of sp³-hybridized carbons (Fsp3) is 0. The molecule has 56 valence electrons. The number of aromatic amines is 1. The van der Waals surface area contributed by atoms with E-state index in [9.17, 15) is 4.39 Å². The number of nitrogen functional groups attached to an aromatic ring is 1. The van der Waals surface area contributed by atoms with E-state index in [0.29, 0.717) is 11.2 Å². The lowest BCUT2D eigenvalue weighted by Gasteiger charge is -1.89. The van der Waals surface area contributed by atoms with Crippen molar-refractivity contribution in [3.63, 3.8) is 0 Å². The minimum atomic E-state index is -0.510. The molecule has 0 saturated heterocycles. The molecule has 0 saturated carbocycles. The van der Waals surface area contributed by atoms with Gasteiger partial charge in [0, 0.05) is 6.20 Å². The van der Waals surface area contributed by atoms with Crippen LogP contribution in [-0.2, 0) is 0 Å². The average Bonchev–Trinajstić information content (AvgIpc) is 2.33. The molecule has 11 heavy (non-hydrogen) atoms. The van der Waals surface area contributed by atoms with Crippen molar-refractivity contribution in [1.82, 2.24) is 9.97 Å². The predicted octanol–water partition coefficient (Wildman–Crippen LogP) is 1.28. The molecule has 0 aromatic carbocycles. The summed E-state index contributed by atoms with van der Waals surface area (Å²) in [6, 6.07) is 2.90. The molecule has 2 heterocycles. The molecule has 0 aliphatic carbocycles. The van der Waals surface area contributed by atoms with Gasteiger partial charge in [-0.15, -0.1) is 0 Å².